The fourth-order valence-electron chi connectivity index (χ4n) is 2.58. The molecule has 0 radical (unpaired) electrons. The second-order valence-corrected chi connectivity index (χ2v) is 6.27. The molecule has 152 valence electrons. The number of ether oxygens (including phenoxy) is 2. The lowest BCUT2D eigenvalue weighted by Gasteiger charge is -2.36. The van der Waals surface area contributed by atoms with E-state index in [1.807, 2.05) is 6.92 Å². The summed E-state index contributed by atoms with van der Waals surface area (Å²) in [5.74, 6) is -1.95. The zero-order valence-corrected chi connectivity index (χ0v) is 16.2. The van der Waals surface area contributed by atoms with Crippen LogP contribution in [0.1, 0.15) is 23.7 Å². The Kier molecular flexibility index (Phi) is 8.27. The number of nitrogens with one attached hydrogen (secondary N) is 2. The van der Waals surface area contributed by atoms with Gasteiger partial charge >= 0.3 is 5.97 Å². The summed E-state index contributed by atoms with van der Waals surface area (Å²) in [6.45, 7) is 3.35. The number of hydrogen-bond donors (Lipinski definition) is 2. The number of esters is 1. The quantitative estimate of drug-likeness (QED) is 0.386. The maximum absolute atomic E-state index is 13.0. The number of hydrogen-bond acceptors (Lipinski definition) is 6. The molecule has 1 unspecified atom stereocenters. The molecule has 1 aliphatic heterocycles. The highest BCUT2D eigenvalue weighted by molar-refractivity contribution is 7.80. The lowest BCUT2D eigenvalue weighted by atomic mass is 10.1. The summed E-state index contributed by atoms with van der Waals surface area (Å²) in [7, 11) is 0. The first-order valence-corrected chi connectivity index (χ1v) is 9.21. The van der Waals surface area contributed by atoms with Gasteiger partial charge in [0.05, 0.1) is 13.0 Å². The number of thiocarbonyl (C=S) groups is 1. The minimum atomic E-state index is -0.894. The number of amides is 2. The van der Waals surface area contributed by atoms with Crippen LogP contribution in [0, 0.1) is 5.82 Å². The van der Waals surface area contributed by atoms with Crippen molar-refractivity contribution < 1.29 is 28.2 Å². The van der Waals surface area contributed by atoms with Gasteiger partial charge in [0.1, 0.15) is 18.5 Å². The largest absolute Gasteiger partial charge is 0.463 e. The van der Waals surface area contributed by atoms with E-state index in [2.05, 4.69) is 10.6 Å². The number of carbonyl (C=O) groups excluding carboxylic acids is 3. The van der Waals surface area contributed by atoms with Crippen LogP contribution in [-0.4, -0.2) is 66.7 Å². The van der Waals surface area contributed by atoms with Crippen molar-refractivity contribution in [3.05, 3.63) is 35.6 Å². The third-order valence-corrected chi connectivity index (χ3v) is 4.31. The summed E-state index contributed by atoms with van der Waals surface area (Å²) in [5.41, 5.74) is 0.220. The second-order valence-electron chi connectivity index (χ2n) is 5.89. The van der Waals surface area contributed by atoms with Crippen LogP contribution >= 0.6 is 12.2 Å². The van der Waals surface area contributed by atoms with Gasteiger partial charge in [-0.2, -0.15) is 0 Å². The SMILES string of the molecule is CCOCCOC(=O)CC1C(=O)NCCN1C(=S)NC(=O)c1ccc(F)cc1. The van der Waals surface area contributed by atoms with Crippen LogP contribution in [0.4, 0.5) is 4.39 Å². The molecule has 10 heteroatoms. The molecule has 1 aromatic rings. The Hall–Kier alpha value is -2.59. The van der Waals surface area contributed by atoms with E-state index in [-0.39, 0.29) is 36.2 Å². The van der Waals surface area contributed by atoms with Crippen molar-refractivity contribution in [1.82, 2.24) is 15.5 Å². The standard InChI is InChI=1S/C18H22FN3O5S/c1-2-26-9-10-27-15(23)11-14-17(25)20-7-8-22(14)18(28)21-16(24)12-3-5-13(19)6-4-12/h3-6,14H,2,7-11H2,1H3,(H,20,25)(H,21,24,28). The average molecular weight is 411 g/mol. The van der Waals surface area contributed by atoms with Gasteiger partial charge in [-0.3, -0.25) is 19.7 Å². The Bertz CT molecular complexity index is 728. The molecule has 1 atom stereocenters. The molecule has 0 spiro atoms. The van der Waals surface area contributed by atoms with Gasteiger partial charge in [-0.25, -0.2) is 4.39 Å². The number of nitrogens with zero attached hydrogens (tertiary/aromatic N) is 1. The van der Waals surface area contributed by atoms with Gasteiger partial charge in [-0.05, 0) is 43.4 Å². The highest BCUT2D eigenvalue weighted by Crippen LogP contribution is 2.11. The van der Waals surface area contributed by atoms with E-state index in [0.717, 1.165) is 12.1 Å². The lowest BCUT2D eigenvalue weighted by molar-refractivity contribution is -0.148. The first kappa shape index (κ1) is 21.7. The number of halogens is 1. The molecule has 0 saturated carbocycles. The first-order chi connectivity index (χ1) is 13.4. The van der Waals surface area contributed by atoms with Gasteiger partial charge in [0.15, 0.2) is 5.11 Å². The predicted octanol–water partition coefficient (Wildman–Crippen LogP) is 0.611. The Balaban J connectivity index is 1.96. The van der Waals surface area contributed by atoms with Crippen molar-refractivity contribution in [2.45, 2.75) is 19.4 Å². The molecular weight excluding hydrogens is 389 g/mol. The van der Waals surface area contributed by atoms with E-state index in [1.165, 1.54) is 17.0 Å². The monoisotopic (exact) mass is 411 g/mol. The molecule has 8 nitrogen and oxygen atoms in total. The van der Waals surface area contributed by atoms with Gasteiger partial charge in [-0.15, -0.1) is 0 Å². The number of carbonyl (C=O) groups is 3. The predicted molar refractivity (Wildman–Crippen MR) is 102 cm³/mol. The number of piperazine rings is 1. The normalized spacial score (nSPS) is 16.3. The molecule has 1 aliphatic rings. The van der Waals surface area contributed by atoms with Gasteiger partial charge in [-0.1, -0.05) is 0 Å². The van der Waals surface area contributed by atoms with Crippen LogP contribution < -0.4 is 10.6 Å². The van der Waals surface area contributed by atoms with Crippen molar-refractivity contribution in [2.75, 3.05) is 32.9 Å². The zero-order valence-electron chi connectivity index (χ0n) is 15.4. The molecule has 28 heavy (non-hydrogen) atoms. The van der Waals surface area contributed by atoms with Crippen LogP contribution in [0.2, 0.25) is 0 Å². The van der Waals surface area contributed by atoms with Gasteiger partial charge in [0.2, 0.25) is 5.91 Å². The highest BCUT2D eigenvalue weighted by Gasteiger charge is 2.34. The maximum atomic E-state index is 13.0. The highest BCUT2D eigenvalue weighted by atomic mass is 32.1. The molecule has 1 aromatic carbocycles. The third-order valence-electron chi connectivity index (χ3n) is 3.97. The maximum Gasteiger partial charge on any atom is 0.308 e. The minimum absolute atomic E-state index is 0.0105. The Labute approximate surface area is 167 Å². The summed E-state index contributed by atoms with van der Waals surface area (Å²) >= 11 is 5.25. The summed E-state index contributed by atoms with van der Waals surface area (Å²) in [4.78, 5) is 38.0. The Morgan fingerprint density at radius 3 is 2.71 bits per heavy atom. The molecule has 1 fully saturated rings. The summed E-state index contributed by atoms with van der Waals surface area (Å²) in [5, 5.41) is 5.19. The second kappa shape index (κ2) is 10.7. The van der Waals surface area contributed by atoms with E-state index in [0.29, 0.717) is 19.7 Å². The fourth-order valence-corrected chi connectivity index (χ4v) is 2.89. The van der Waals surface area contributed by atoms with E-state index in [1.54, 1.807) is 0 Å². The molecule has 0 aliphatic carbocycles. The van der Waals surface area contributed by atoms with E-state index >= 15 is 0 Å². The van der Waals surface area contributed by atoms with Crippen LogP contribution in [0.3, 0.4) is 0 Å². The van der Waals surface area contributed by atoms with Crippen LogP contribution in [0.5, 0.6) is 0 Å². The molecule has 2 rings (SSSR count). The minimum Gasteiger partial charge on any atom is -0.463 e. The summed E-state index contributed by atoms with van der Waals surface area (Å²) < 4.78 is 23.1. The smallest absolute Gasteiger partial charge is 0.308 e. The van der Waals surface area contributed by atoms with Crippen LogP contribution in [-0.2, 0) is 19.1 Å². The molecule has 2 amide bonds. The van der Waals surface area contributed by atoms with E-state index in [4.69, 9.17) is 21.7 Å². The van der Waals surface area contributed by atoms with Crippen molar-refractivity contribution >= 4 is 35.1 Å². The summed E-state index contributed by atoms with van der Waals surface area (Å²) in [6.07, 6.45) is -0.218. The van der Waals surface area contributed by atoms with E-state index < -0.39 is 23.7 Å². The lowest BCUT2D eigenvalue weighted by Crippen LogP contribution is -2.60. The van der Waals surface area contributed by atoms with Gasteiger partial charge in [0.25, 0.3) is 5.91 Å². The third kappa shape index (κ3) is 6.24. The van der Waals surface area contributed by atoms with Crippen molar-refractivity contribution in [3.63, 3.8) is 0 Å². The van der Waals surface area contributed by atoms with Crippen molar-refractivity contribution in [2.24, 2.45) is 0 Å². The molecular formula is C18H22FN3O5S. The van der Waals surface area contributed by atoms with Crippen LogP contribution in [0.25, 0.3) is 0 Å². The first-order valence-electron chi connectivity index (χ1n) is 8.81. The Morgan fingerprint density at radius 1 is 1.32 bits per heavy atom. The molecule has 1 heterocycles. The summed E-state index contributed by atoms with van der Waals surface area (Å²) in [6, 6.07) is 4.07. The molecule has 0 aromatic heterocycles. The Morgan fingerprint density at radius 2 is 2.04 bits per heavy atom. The van der Waals surface area contributed by atoms with Crippen LogP contribution in [0.15, 0.2) is 24.3 Å². The van der Waals surface area contributed by atoms with Crippen molar-refractivity contribution in [1.29, 1.82) is 0 Å². The zero-order chi connectivity index (χ0) is 20.5. The molecule has 0 bridgehead atoms. The molecule has 1 saturated heterocycles. The van der Waals surface area contributed by atoms with Crippen molar-refractivity contribution in [3.8, 4) is 0 Å². The number of benzene rings is 1. The fraction of sp³-hybridized carbons (Fsp3) is 0.444. The van der Waals surface area contributed by atoms with Gasteiger partial charge < -0.3 is 19.7 Å². The topological polar surface area (TPSA) is 97.0 Å². The van der Waals surface area contributed by atoms with E-state index in [9.17, 15) is 18.8 Å². The number of rotatable bonds is 7. The molecule has 2 N–H and O–H groups in total. The average Bonchev–Trinajstić information content (AvgIpc) is 2.67. The van der Waals surface area contributed by atoms with Gasteiger partial charge in [0, 0.05) is 25.3 Å².